The van der Waals surface area contributed by atoms with E-state index >= 15 is 0 Å². The number of nitrogens with zero attached hydrogens (tertiary/aromatic N) is 1. The lowest BCUT2D eigenvalue weighted by atomic mass is 10.0. The van der Waals surface area contributed by atoms with Crippen LogP contribution in [0.3, 0.4) is 0 Å². The van der Waals surface area contributed by atoms with Gasteiger partial charge in [0.25, 0.3) is 0 Å². The number of hydrogen-bond acceptors (Lipinski definition) is 3. The highest BCUT2D eigenvalue weighted by Gasteiger charge is 2.12. The first-order valence-corrected chi connectivity index (χ1v) is 4.48. The molecular formula is C11H13FN2O. The van der Waals surface area contributed by atoms with Crippen molar-refractivity contribution in [2.45, 2.75) is 13.5 Å². The molecule has 0 unspecified atom stereocenters. The number of pyridine rings is 1. The number of aliphatic hydroxyl groups excluding tert-OH is 1. The van der Waals surface area contributed by atoms with Crippen LogP contribution in [0.15, 0.2) is 30.7 Å². The molecule has 0 amide bonds. The van der Waals surface area contributed by atoms with E-state index in [1.54, 1.807) is 0 Å². The molecule has 0 aliphatic carbocycles. The Morgan fingerprint density at radius 3 is 2.87 bits per heavy atom. The number of hydrogen-bond donors (Lipinski definition) is 2. The lowest BCUT2D eigenvalue weighted by Gasteiger charge is -2.07. The lowest BCUT2D eigenvalue weighted by molar-refractivity contribution is 0.417. The Kier molecular flexibility index (Phi) is 3.57. The molecule has 0 radical (unpaired) electrons. The average Bonchev–Trinajstić information content (AvgIpc) is 2.21. The summed E-state index contributed by atoms with van der Waals surface area (Å²) in [6.07, 6.45) is 2.85. The third kappa shape index (κ3) is 2.22. The van der Waals surface area contributed by atoms with Crippen molar-refractivity contribution in [3.8, 4) is 0 Å². The highest BCUT2D eigenvalue weighted by molar-refractivity contribution is 5.75. The first-order valence-electron chi connectivity index (χ1n) is 4.48. The molecule has 0 bridgehead atoms. The summed E-state index contributed by atoms with van der Waals surface area (Å²) in [5.74, 6) is -0.499. The molecular weight excluding hydrogens is 195 g/mol. The number of halogens is 1. The summed E-state index contributed by atoms with van der Waals surface area (Å²) in [7, 11) is 0. The van der Waals surface area contributed by atoms with Gasteiger partial charge in [-0.1, -0.05) is 12.7 Å². The van der Waals surface area contributed by atoms with E-state index in [9.17, 15) is 9.50 Å². The van der Waals surface area contributed by atoms with Crippen LogP contribution in [-0.4, -0.2) is 10.1 Å². The molecule has 0 aromatic carbocycles. The minimum absolute atomic E-state index is 0.0121. The summed E-state index contributed by atoms with van der Waals surface area (Å²) in [6.45, 7) is 5.01. The quantitative estimate of drug-likeness (QED) is 0.591. The van der Waals surface area contributed by atoms with Crippen molar-refractivity contribution in [3.05, 3.63) is 47.8 Å². The van der Waals surface area contributed by atoms with Crippen LogP contribution in [0.5, 0.6) is 0 Å². The molecule has 1 aromatic rings. The van der Waals surface area contributed by atoms with Gasteiger partial charge in [0, 0.05) is 23.9 Å². The van der Waals surface area contributed by atoms with Gasteiger partial charge in [0.1, 0.15) is 0 Å². The molecule has 4 heteroatoms. The fraction of sp³-hybridized carbons (Fsp3) is 0.182. The van der Waals surface area contributed by atoms with Crippen LogP contribution in [0, 0.1) is 5.82 Å². The van der Waals surface area contributed by atoms with E-state index in [1.165, 1.54) is 25.3 Å². The van der Waals surface area contributed by atoms with E-state index in [0.29, 0.717) is 5.57 Å². The summed E-state index contributed by atoms with van der Waals surface area (Å²) in [5.41, 5.74) is 6.12. The number of nitrogens with two attached hydrogens (primary N) is 1. The zero-order valence-corrected chi connectivity index (χ0v) is 8.50. The minimum atomic E-state index is -0.511. The van der Waals surface area contributed by atoms with Crippen molar-refractivity contribution in [3.63, 3.8) is 0 Å². The molecule has 1 heterocycles. The summed E-state index contributed by atoms with van der Waals surface area (Å²) in [4.78, 5) is 3.79. The maximum Gasteiger partial charge on any atom is 0.153 e. The first-order chi connectivity index (χ1) is 7.11. The minimum Gasteiger partial charge on any atom is -0.512 e. The standard InChI is InChI=1S/C11H13FN2O/c1-3-8(7(2)15)9-4-5-14-10(6-13)11(9)12/h3-5,15H,1,6,13H2,2H3/b8-7-. The highest BCUT2D eigenvalue weighted by atomic mass is 19.1. The zero-order valence-electron chi connectivity index (χ0n) is 8.50. The van der Waals surface area contributed by atoms with Crippen LogP contribution in [0.1, 0.15) is 18.2 Å². The first kappa shape index (κ1) is 11.4. The van der Waals surface area contributed by atoms with E-state index in [0.717, 1.165) is 0 Å². The maximum atomic E-state index is 13.7. The van der Waals surface area contributed by atoms with Crippen LogP contribution in [-0.2, 0) is 6.54 Å². The Labute approximate surface area is 87.8 Å². The second-order valence-electron chi connectivity index (χ2n) is 3.03. The summed E-state index contributed by atoms with van der Waals surface area (Å²) in [6, 6.07) is 1.48. The van der Waals surface area contributed by atoms with Gasteiger partial charge in [-0.15, -0.1) is 0 Å². The Balaban J connectivity index is 3.38. The predicted molar refractivity (Wildman–Crippen MR) is 57.5 cm³/mol. The number of allylic oxidation sites excluding steroid dienone is 3. The topological polar surface area (TPSA) is 59.1 Å². The van der Waals surface area contributed by atoms with Gasteiger partial charge in [0.2, 0.25) is 0 Å². The second kappa shape index (κ2) is 4.70. The predicted octanol–water partition coefficient (Wildman–Crippen LogP) is 2.15. The molecule has 15 heavy (non-hydrogen) atoms. The van der Waals surface area contributed by atoms with E-state index in [1.807, 2.05) is 0 Å². The Morgan fingerprint density at radius 1 is 1.73 bits per heavy atom. The fourth-order valence-corrected chi connectivity index (χ4v) is 1.29. The molecule has 0 aliphatic heterocycles. The SMILES string of the molecule is C=C/C(=C(\C)O)c1ccnc(CN)c1F. The number of aromatic nitrogens is 1. The van der Waals surface area contributed by atoms with E-state index in [-0.39, 0.29) is 23.6 Å². The van der Waals surface area contributed by atoms with Crippen LogP contribution in [0.2, 0.25) is 0 Å². The molecule has 3 N–H and O–H groups in total. The van der Waals surface area contributed by atoms with Gasteiger partial charge in [-0.2, -0.15) is 0 Å². The van der Waals surface area contributed by atoms with Gasteiger partial charge >= 0.3 is 0 Å². The van der Waals surface area contributed by atoms with Gasteiger partial charge in [-0.3, -0.25) is 4.98 Å². The fourth-order valence-electron chi connectivity index (χ4n) is 1.29. The number of aliphatic hydroxyl groups is 1. The van der Waals surface area contributed by atoms with Crippen molar-refractivity contribution in [1.29, 1.82) is 0 Å². The monoisotopic (exact) mass is 208 g/mol. The van der Waals surface area contributed by atoms with Crippen molar-refractivity contribution in [2.24, 2.45) is 5.73 Å². The van der Waals surface area contributed by atoms with Gasteiger partial charge in [0.15, 0.2) is 5.82 Å². The largest absolute Gasteiger partial charge is 0.512 e. The summed E-state index contributed by atoms with van der Waals surface area (Å²) >= 11 is 0. The number of rotatable bonds is 3. The van der Waals surface area contributed by atoms with E-state index in [4.69, 9.17) is 5.73 Å². The summed E-state index contributed by atoms with van der Waals surface area (Å²) < 4.78 is 13.7. The highest BCUT2D eigenvalue weighted by Crippen LogP contribution is 2.22. The smallest absolute Gasteiger partial charge is 0.153 e. The van der Waals surface area contributed by atoms with Gasteiger partial charge in [-0.25, -0.2) is 4.39 Å². The molecule has 0 saturated carbocycles. The van der Waals surface area contributed by atoms with Gasteiger partial charge in [-0.05, 0) is 13.0 Å². The molecule has 0 aliphatic rings. The van der Waals surface area contributed by atoms with Crippen LogP contribution in [0.4, 0.5) is 4.39 Å². The van der Waals surface area contributed by atoms with Crippen molar-refractivity contribution in [1.82, 2.24) is 4.98 Å². The summed E-state index contributed by atoms with van der Waals surface area (Å²) in [5, 5.41) is 9.34. The molecule has 0 spiro atoms. The molecule has 0 saturated heterocycles. The van der Waals surface area contributed by atoms with Gasteiger partial charge in [0.05, 0.1) is 11.5 Å². The van der Waals surface area contributed by atoms with Crippen molar-refractivity contribution >= 4 is 5.57 Å². The Hall–Kier alpha value is -1.68. The average molecular weight is 208 g/mol. The molecule has 80 valence electrons. The van der Waals surface area contributed by atoms with Crippen LogP contribution in [0.25, 0.3) is 5.57 Å². The normalized spacial score (nSPS) is 12.2. The van der Waals surface area contributed by atoms with Crippen LogP contribution < -0.4 is 5.73 Å². The second-order valence-corrected chi connectivity index (χ2v) is 3.03. The third-order valence-electron chi connectivity index (χ3n) is 2.04. The zero-order chi connectivity index (χ0) is 11.4. The Bertz CT molecular complexity index is 409. The lowest BCUT2D eigenvalue weighted by Crippen LogP contribution is -2.05. The molecule has 1 rings (SSSR count). The third-order valence-corrected chi connectivity index (χ3v) is 2.04. The van der Waals surface area contributed by atoms with Gasteiger partial charge < -0.3 is 10.8 Å². The Morgan fingerprint density at radius 2 is 2.40 bits per heavy atom. The molecule has 0 atom stereocenters. The molecule has 3 nitrogen and oxygen atoms in total. The maximum absolute atomic E-state index is 13.7. The van der Waals surface area contributed by atoms with Crippen molar-refractivity contribution in [2.75, 3.05) is 0 Å². The van der Waals surface area contributed by atoms with E-state index in [2.05, 4.69) is 11.6 Å². The molecule has 1 aromatic heterocycles. The molecule has 0 fully saturated rings. The van der Waals surface area contributed by atoms with Crippen molar-refractivity contribution < 1.29 is 9.50 Å². The van der Waals surface area contributed by atoms with Crippen LogP contribution >= 0.6 is 0 Å². The van der Waals surface area contributed by atoms with E-state index < -0.39 is 5.82 Å².